The van der Waals surface area contributed by atoms with Crippen molar-refractivity contribution in [2.75, 3.05) is 13.7 Å². The van der Waals surface area contributed by atoms with Crippen LogP contribution in [-0.2, 0) is 13.2 Å². The first-order valence-electron chi connectivity index (χ1n) is 9.24. The summed E-state index contributed by atoms with van der Waals surface area (Å²) in [6.45, 7) is 1.43. The molecule has 0 aliphatic rings. The van der Waals surface area contributed by atoms with Crippen molar-refractivity contribution in [3.63, 3.8) is 0 Å². The predicted octanol–water partition coefficient (Wildman–Crippen LogP) is 5.51. The Morgan fingerprint density at radius 2 is 1.83 bits per heavy atom. The van der Waals surface area contributed by atoms with E-state index in [1.165, 1.54) is 0 Å². The van der Waals surface area contributed by atoms with Gasteiger partial charge in [0, 0.05) is 18.1 Å². The van der Waals surface area contributed by atoms with E-state index in [9.17, 15) is 5.11 Å². The average Bonchev–Trinajstić information content (AvgIpc) is 2.73. The molecule has 0 radical (unpaired) electrons. The molecule has 3 rings (SSSR count). The minimum Gasteiger partial charge on any atom is -0.493 e. The molecule has 0 unspecified atom stereocenters. The molecule has 0 heterocycles. The fourth-order valence-electron chi connectivity index (χ4n) is 2.94. The summed E-state index contributed by atoms with van der Waals surface area (Å²) in [7, 11) is 1.62. The lowest BCUT2D eigenvalue weighted by Crippen LogP contribution is -2.21. The SMILES string of the molecule is COc1cc(CNC[C@H](O)c2ccccc2)cc(Br)c1OCc1cccc(Cl)c1. The Balaban J connectivity index is 1.61. The van der Waals surface area contributed by atoms with Gasteiger partial charge in [-0.15, -0.1) is 0 Å². The molecule has 29 heavy (non-hydrogen) atoms. The van der Waals surface area contributed by atoms with Crippen LogP contribution in [0.4, 0.5) is 0 Å². The van der Waals surface area contributed by atoms with E-state index in [0.29, 0.717) is 36.2 Å². The summed E-state index contributed by atoms with van der Waals surface area (Å²) in [6, 6.07) is 21.1. The van der Waals surface area contributed by atoms with Gasteiger partial charge in [-0.2, -0.15) is 0 Å². The molecular weight excluding hydrogens is 454 g/mol. The van der Waals surface area contributed by atoms with Crippen LogP contribution >= 0.6 is 27.5 Å². The standard InChI is InChI=1S/C23H23BrClNO3/c1-28-22-12-17(13-26-14-21(27)18-7-3-2-4-8-18)11-20(24)23(22)29-15-16-6-5-9-19(25)10-16/h2-12,21,26-27H,13-15H2,1H3/t21-/m0/s1. The lowest BCUT2D eigenvalue weighted by Gasteiger charge is -2.16. The molecule has 0 saturated carbocycles. The zero-order valence-electron chi connectivity index (χ0n) is 16.1. The molecule has 0 aromatic heterocycles. The first-order chi connectivity index (χ1) is 14.1. The highest BCUT2D eigenvalue weighted by molar-refractivity contribution is 9.10. The molecule has 0 bridgehead atoms. The second kappa shape index (κ2) is 10.6. The highest BCUT2D eigenvalue weighted by atomic mass is 79.9. The summed E-state index contributed by atoms with van der Waals surface area (Å²) in [5.41, 5.74) is 2.89. The maximum absolute atomic E-state index is 10.3. The topological polar surface area (TPSA) is 50.7 Å². The van der Waals surface area contributed by atoms with Crippen molar-refractivity contribution in [3.05, 3.63) is 92.9 Å². The van der Waals surface area contributed by atoms with Crippen molar-refractivity contribution in [2.24, 2.45) is 0 Å². The molecule has 1 atom stereocenters. The van der Waals surface area contributed by atoms with Crippen molar-refractivity contribution in [3.8, 4) is 11.5 Å². The molecule has 152 valence electrons. The number of nitrogens with one attached hydrogen (secondary N) is 1. The van der Waals surface area contributed by atoms with Crippen LogP contribution in [0.1, 0.15) is 22.8 Å². The number of benzene rings is 3. The number of hydrogen-bond donors (Lipinski definition) is 2. The Morgan fingerprint density at radius 3 is 2.55 bits per heavy atom. The molecule has 0 aliphatic carbocycles. The normalized spacial score (nSPS) is 11.9. The van der Waals surface area contributed by atoms with Crippen LogP contribution in [0, 0.1) is 0 Å². The first-order valence-corrected chi connectivity index (χ1v) is 10.4. The Hall–Kier alpha value is -2.05. The molecule has 0 aliphatic heterocycles. The van der Waals surface area contributed by atoms with E-state index in [4.69, 9.17) is 21.1 Å². The third kappa shape index (κ3) is 6.21. The van der Waals surface area contributed by atoms with Gasteiger partial charge in [0.25, 0.3) is 0 Å². The van der Waals surface area contributed by atoms with Crippen LogP contribution in [-0.4, -0.2) is 18.8 Å². The quantitative estimate of drug-likeness (QED) is 0.427. The Morgan fingerprint density at radius 1 is 1.03 bits per heavy atom. The van der Waals surface area contributed by atoms with Gasteiger partial charge in [-0.05, 0) is 56.9 Å². The molecule has 3 aromatic rings. The Labute approximate surface area is 184 Å². The highest BCUT2D eigenvalue weighted by Crippen LogP contribution is 2.37. The van der Waals surface area contributed by atoms with Crippen LogP contribution in [0.25, 0.3) is 0 Å². The zero-order chi connectivity index (χ0) is 20.6. The zero-order valence-corrected chi connectivity index (χ0v) is 18.4. The van der Waals surface area contributed by atoms with Gasteiger partial charge >= 0.3 is 0 Å². The van der Waals surface area contributed by atoms with Gasteiger partial charge < -0.3 is 19.9 Å². The van der Waals surface area contributed by atoms with Crippen LogP contribution in [0.15, 0.2) is 71.2 Å². The summed E-state index contributed by atoms with van der Waals surface area (Å²) in [5.74, 6) is 1.28. The first kappa shape index (κ1) is 21.7. The maximum Gasteiger partial charge on any atom is 0.175 e. The second-order valence-electron chi connectivity index (χ2n) is 6.59. The highest BCUT2D eigenvalue weighted by Gasteiger charge is 2.13. The van der Waals surface area contributed by atoms with Crippen molar-refractivity contribution >= 4 is 27.5 Å². The van der Waals surface area contributed by atoms with Gasteiger partial charge in [-0.25, -0.2) is 0 Å². The van der Waals surface area contributed by atoms with Gasteiger partial charge in [-0.1, -0.05) is 54.1 Å². The third-order valence-electron chi connectivity index (χ3n) is 4.41. The maximum atomic E-state index is 10.3. The average molecular weight is 477 g/mol. The molecule has 0 amide bonds. The summed E-state index contributed by atoms with van der Waals surface area (Å²) in [4.78, 5) is 0. The van der Waals surface area contributed by atoms with Crippen LogP contribution in [0.5, 0.6) is 11.5 Å². The van der Waals surface area contributed by atoms with E-state index in [1.807, 2.05) is 66.7 Å². The van der Waals surface area contributed by atoms with Gasteiger partial charge in [0.1, 0.15) is 6.61 Å². The molecule has 0 spiro atoms. The Kier molecular flexibility index (Phi) is 7.95. The van der Waals surface area contributed by atoms with E-state index in [2.05, 4.69) is 21.2 Å². The summed E-state index contributed by atoms with van der Waals surface area (Å²) < 4.78 is 12.3. The molecule has 0 saturated heterocycles. The second-order valence-corrected chi connectivity index (χ2v) is 7.88. The van der Waals surface area contributed by atoms with E-state index in [-0.39, 0.29) is 0 Å². The van der Waals surface area contributed by atoms with Crippen LogP contribution in [0.2, 0.25) is 5.02 Å². The monoisotopic (exact) mass is 475 g/mol. The van der Waals surface area contributed by atoms with E-state index in [0.717, 1.165) is 21.2 Å². The molecule has 3 aromatic carbocycles. The number of halogens is 2. The fraction of sp³-hybridized carbons (Fsp3) is 0.217. The molecule has 0 fully saturated rings. The van der Waals surface area contributed by atoms with E-state index in [1.54, 1.807) is 7.11 Å². The lowest BCUT2D eigenvalue weighted by atomic mass is 10.1. The largest absolute Gasteiger partial charge is 0.493 e. The molecule has 4 nitrogen and oxygen atoms in total. The fourth-order valence-corrected chi connectivity index (χ4v) is 3.76. The Bertz CT molecular complexity index is 937. The number of ether oxygens (including phenoxy) is 2. The van der Waals surface area contributed by atoms with Crippen LogP contribution < -0.4 is 14.8 Å². The van der Waals surface area contributed by atoms with Crippen LogP contribution in [0.3, 0.4) is 0 Å². The van der Waals surface area contributed by atoms with E-state index >= 15 is 0 Å². The number of aliphatic hydroxyl groups excluding tert-OH is 1. The number of aliphatic hydroxyl groups is 1. The number of methoxy groups -OCH3 is 1. The minimum absolute atomic E-state index is 0.385. The summed E-state index contributed by atoms with van der Waals surface area (Å²) >= 11 is 9.61. The smallest absolute Gasteiger partial charge is 0.175 e. The van der Waals surface area contributed by atoms with Crippen molar-refractivity contribution in [1.29, 1.82) is 0 Å². The summed E-state index contributed by atoms with van der Waals surface area (Å²) in [5, 5.41) is 14.2. The number of hydrogen-bond acceptors (Lipinski definition) is 4. The number of rotatable bonds is 9. The van der Waals surface area contributed by atoms with Gasteiger partial charge in [-0.3, -0.25) is 0 Å². The third-order valence-corrected chi connectivity index (χ3v) is 5.24. The molecule has 2 N–H and O–H groups in total. The van der Waals surface area contributed by atoms with Gasteiger partial charge in [0.05, 0.1) is 17.7 Å². The molecular formula is C23H23BrClNO3. The minimum atomic E-state index is -0.554. The van der Waals surface area contributed by atoms with Crippen molar-refractivity contribution in [2.45, 2.75) is 19.3 Å². The van der Waals surface area contributed by atoms with Crippen molar-refractivity contribution < 1.29 is 14.6 Å². The van der Waals surface area contributed by atoms with Gasteiger partial charge in [0.15, 0.2) is 11.5 Å². The van der Waals surface area contributed by atoms with Gasteiger partial charge in [0.2, 0.25) is 0 Å². The van der Waals surface area contributed by atoms with Crippen molar-refractivity contribution in [1.82, 2.24) is 5.32 Å². The lowest BCUT2D eigenvalue weighted by molar-refractivity contribution is 0.174. The summed E-state index contributed by atoms with van der Waals surface area (Å²) in [6.07, 6.45) is -0.554. The molecule has 6 heteroatoms. The predicted molar refractivity (Wildman–Crippen MR) is 120 cm³/mol. The van der Waals surface area contributed by atoms with E-state index < -0.39 is 6.10 Å².